The van der Waals surface area contributed by atoms with Gasteiger partial charge in [-0.3, -0.25) is 0 Å². The minimum absolute atomic E-state index is 0.0811. The van der Waals surface area contributed by atoms with E-state index in [1.807, 2.05) is 31.2 Å². The molecule has 1 saturated carbocycles. The van der Waals surface area contributed by atoms with E-state index in [0.29, 0.717) is 13.0 Å². The van der Waals surface area contributed by atoms with Crippen LogP contribution < -0.4 is 4.74 Å². The van der Waals surface area contributed by atoms with Crippen molar-refractivity contribution >= 4 is 10.9 Å². The number of para-hydroxylation sites is 1. The van der Waals surface area contributed by atoms with E-state index in [4.69, 9.17) is 4.74 Å². The molecule has 1 heterocycles. The second-order valence-electron chi connectivity index (χ2n) is 6.60. The highest BCUT2D eigenvalue weighted by Crippen LogP contribution is 2.35. The van der Waals surface area contributed by atoms with E-state index >= 15 is 0 Å². The van der Waals surface area contributed by atoms with E-state index in [1.165, 1.54) is 32.1 Å². The maximum absolute atomic E-state index is 10.3. The Morgan fingerprint density at radius 3 is 2.79 bits per heavy atom. The number of fused-ring (bicyclic) bond motifs is 1. The Labute approximate surface area is 144 Å². The molecule has 1 aromatic carbocycles. The van der Waals surface area contributed by atoms with Gasteiger partial charge in [0.05, 0.1) is 17.7 Å². The van der Waals surface area contributed by atoms with Gasteiger partial charge in [-0.1, -0.05) is 50.0 Å². The van der Waals surface area contributed by atoms with Crippen LogP contribution in [-0.4, -0.2) is 16.7 Å². The molecule has 1 fully saturated rings. The summed E-state index contributed by atoms with van der Waals surface area (Å²) < 4.78 is 5.84. The minimum Gasteiger partial charge on any atom is -0.493 e. The van der Waals surface area contributed by atoms with Crippen molar-refractivity contribution in [3.05, 3.63) is 42.0 Å². The summed E-state index contributed by atoms with van der Waals surface area (Å²) >= 11 is 0. The molecular formula is C21H27NO2. The smallest absolute Gasteiger partial charge is 0.218 e. The van der Waals surface area contributed by atoms with Crippen molar-refractivity contribution in [1.29, 1.82) is 0 Å². The number of ether oxygens (including phenoxy) is 1. The quantitative estimate of drug-likeness (QED) is 0.692. The largest absolute Gasteiger partial charge is 0.493 e. The van der Waals surface area contributed by atoms with Crippen LogP contribution in [0.15, 0.2) is 36.4 Å². The lowest BCUT2D eigenvalue weighted by Crippen LogP contribution is -1.99. The third-order valence-corrected chi connectivity index (χ3v) is 4.91. The summed E-state index contributed by atoms with van der Waals surface area (Å²) in [5.41, 5.74) is 1.56. The van der Waals surface area contributed by atoms with E-state index in [9.17, 15) is 5.11 Å². The normalized spacial score (nSPS) is 15.5. The molecule has 3 nitrogen and oxygen atoms in total. The molecule has 1 aliphatic carbocycles. The number of aromatic hydroxyl groups is 1. The molecule has 0 amide bonds. The maximum Gasteiger partial charge on any atom is 0.218 e. The van der Waals surface area contributed by atoms with Gasteiger partial charge in [-0.05, 0) is 44.2 Å². The lowest BCUT2D eigenvalue weighted by Gasteiger charge is -2.13. The van der Waals surface area contributed by atoms with E-state index in [-0.39, 0.29) is 5.88 Å². The first kappa shape index (κ1) is 16.8. The number of pyridine rings is 1. The predicted octanol–water partition coefficient (Wildman–Crippen LogP) is 5.41. The van der Waals surface area contributed by atoms with Gasteiger partial charge in [0.25, 0.3) is 0 Å². The molecule has 3 rings (SSSR count). The van der Waals surface area contributed by atoms with Crippen molar-refractivity contribution in [2.24, 2.45) is 5.92 Å². The highest BCUT2D eigenvalue weighted by Gasteiger charge is 2.15. The van der Waals surface area contributed by atoms with Gasteiger partial charge in [-0.2, -0.15) is 0 Å². The number of rotatable bonds is 7. The van der Waals surface area contributed by atoms with E-state index in [0.717, 1.165) is 34.6 Å². The zero-order valence-electron chi connectivity index (χ0n) is 14.5. The number of hydrogen-bond acceptors (Lipinski definition) is 3. The average molecular weight is 325 g/mol. The highest BCUT2D eigenvalue weighted by molar-refractivity contribution is 5.87. The summed E-state index contributed by atoms with van der Waals surface area (Å²) in [5.74, 6) is 1.77. The summed E-state index contributed by atoms with van der Waals surface area (Å²) in [6.45, 7) is 2.54. The molecule has 1 aliphatic rings. The first-order chi connectivity index (χ1) is 11.8. The van der Waals surface area contributed by atoms with Crippen LogP contribution in [0.1, 0.15) is 51.0 Å². The first-order valence-electron chi connectivity index (χ1n) is 9.18. The first-order valence-corrected chi connectivity index (χ1v) is 9.18. The van der Waals surface area contributed by atoms with Crippen LogP contribution in [0, 0.1) is 5.92 Å². The van der Waals surface area contributed by atoms with Gasteiger partial charge in [-0.15, -0.1) is 0 Å². The number of allylic oxidation sites excluding steroid dienone is 2. The molecule has 1 aromatic heterocycles. The van der Waals surface area contributed by atoms with Gasteiger partial charge in [-0.25, -0.2) is 4.98 Å². The Morgan fingerprint density at radius 2 is 2.00 bits per heavy atom. The maximum atomic E-state index is 10.3. The van der Waals surface area contributed by atoms with Crippen LogP contribution in [0.5, 0.6) is 11.6 Å². The average Bonchev–Trinajstić information content (AvgIpc) is 3.10. The molecule has 3 heteroatoms. The van der Waals surface area contributed by atoms with Crippen LogP contribution in [0.2, 0.25) is 0 Å². The summed E-state index contributed by atoms with van der Waals surface area (Å²) in [5, 5.41) is 11.3. The van der Waals surface area contributed by atoms with Crippen LogP contribution in [0.4, 0.5) is 0 Å². The van der Waals surface area contributed by atoms with Crippen LogP contribution in [-0.2, 0) is 6.42 Å². The number of benzene rings is 1. The Hall–Kier alpha value is -2.03. The van der Waals surface area contributed by atoms with E-state index in [2.05, 4.69) is 17.1 Å². The molecule has 0 bridgehead atoms. The van der Waals surface area contributed by atoms with Gasteiger partial charge in [0.1, 0.15) is 5.75 Å². The summed E-state index contributed by atoms with van der Waals surface area (Å²) in [6.07, 6.45) is 13.1. The Kier molecular flexibility index (Phi) is 5.73. The highest BCUT2D eigenvalue weighted by atomic mass is 16.5. The second-order valence-corrected chi connectivity index (χ2v) is 6.60. The summed E-state index contributed by atoms with van der Waals surface area (Å²) in [7, 11) is 0. The van der Waals surface area contributed by atoms with Crippen LogP contribution >= 0.6 is 0 Å². The molecule has 0 spiro atoms. The Balaban J connectivity index is 1.72. The lowest BCUT2D eigenvalue weighted by atomic mass is 10.0. The van der Waals surface area contributed by atoms with Crippen molar-refractivity contribution in [3.8, 4) is 11.6 Å². The molecule has 0 radical (unpaired) electrons. The predicted molar refractivity (Wildman–Crippen MR) is 98.6 cm³/mol. The third kappa shape index (κ3) is 3.89. The van der Waals surface area contributed by atoms with E-state index < -0.39 is 0 Å². The van der Waals surface area contributed by atoms with Crippen LogP contribution in [0.3, 0.4) is 0 Å². The lowest BCUT2D eigenvalue weighted by molar-refractivity contribution is 0.336. The Bertz CT molecular complexity index is 702. The zero-order valence-corrected chi connectivity index (χ0v) is 14.5. The zero-order chi connectivity index (χ0) is 16.8. The molecule has 24 heavy (non-hydrogen) atoms. The molecule has 128 valence electrons. The van der Waals surface area contributed by atoms with E-state index in [1.54, 1.807) is 0 Å². The van der Waals surface area contributed by atoms with Gasteiger partial charge in [0.15, 0.2) is 0 Å². The topological polar surface area (TPSA) is 42.4 Å². The van der Waals surface area contributed by atoms with Gasteiger partial charge in [0, 0.05) is 5.39 Å². The van der Waals surface area contributed by atoms with Crippen molar-refractivity contribution in [3.63, 3.8) is 0 Å². The second kappa shape index (κ2) is 8.18. The summed E-state index contributed by atoms with van der Waals surface area (Å²) in [6, 6.07) is 7.80. The van der Waals surface area contributed by atoms with Crippen LogP contribution in [0.25, 0.3) is 10.9 Å². The monoisotopic (exact) mass is 325 g/mol. The van der Waals surface area contributed by atoms with Crippen molar-refractivity contribution in [2.75, 3.05) is 6.61 Å². The standard InChI is InChI=1S/C21H27NO2/c1-2-24-20-17-13-8-9-15-19(17)22-21(23)18(20)14-5-3-4-10-16-11-6-7-12-16/h3,5,8-9,13,15-16H,2,4,6-7,10-12,14H2,1H3,(H,22,23)/b5-3+. The summed E-state index contributed by atoms with van der Waals surface area (Å²) in [4.78, 5) is 4.32. The fraction of sp³-hybridized carbons (Fsp3) is 0.476. The molecule has 0 unspecified atom stereocenters. The van der Waals surface area contributed by atoms with Crippen molar-refractivity contribution in [1.82, 2.24) is 4.98 Å². The molecule has 2 aromatic rings. The fourth-order valence-electron chi connectivity index (χ4n) is 3.65. The fourth-order valence-corrected chi connectivity index (χ4v) is 3.65. The Morgan fingerprint density at radius 1 is 1.21 bits per heavy atom. The van der Waals surface area contributed by atoms with Crippen molar-refractivity contribution < 1.29 is 9.84 Å². The molecule has 0 aliphatic heterocycles. The van der Waals surface area contributed by atoms with Gasteiger partial charge >= 0.3 is 0 Å². The number of nitrogens with zero attached hydrogens (tertiary/aromatic N) is 1. The molecule has 0 saturated heterocycles. The van der Waals surface area contributed by atoms with Gasteiger partial charge in [0.2, 0.25) is 5.88 Å². The molecular weight excluding hydrogens is 298 g/mol. The molecule has 1 N–H and O–H groups in total. The minimum atomic E-state index is 0.0811. The SMILES string of the molecule is CCOc1c(C/C=C/CCC2CCCC2)c(O)nc2ccccc12. The third-order valence-electron chi connectivity index (χ3n) is 4.91. The van der Waals surface area contributed by atoms with Gasteiger partial charge < -0.3 is 9.84 Å². The number of hydrogen-bond donors (Lipinski definition) is 1. The number of aromatic nitrogens is 1. The molecule has 0 atom stereocenters. The van der Waals surface area contributed by atoms with Crippen molar-refractivity contribution in [2.45, 2.75) is 51.9 Å².